The van der Waals surface area contributed by atoms with Crippen molar-refractivity contribution in [3.63, 3.8) is 0 Å². The van der Waals surface area contributed by atoms with E-state index >= 15 is 0 Å². The number of thioether (sulfide) groups is 1. The van der Waals surface area contributed by atoms with Crippen molar-refractivity contribution in [1.82, 2.24) is 4.90 Å². The molecule has 0 saturated carbocycles. The molecule has 0 fully saturated rings. The second-order valence-corrected chi connectivity index (χ2v) is 7.51. The van der Waals surface area contributed by atoms with Crippen LogP contribution in [0.5, 0.6) is 5.75 Å². The summed E-state index contributed by atoms with van der Waals surface area (Å²) in [7, 11) is 5.97. The van der Waals surface area contributed by atoms with E-state index in [-0.39, 0.29) is 0 Å². The van der Waals surface area contributed by atoms with Gasteiger partial charge < -0.3 is 19.8 Å². The Morgan fingerprint density at radius 3 is 2.07 bits per heavy atom. The Balaban J connectivity index is 0.000000447. The van der Waals surface area contributed by atoms with Gasteiger partial charge in [-0.05, 0) is 44.8 Å². The van der Waals surface area contributed by atoms with Gasteiger partial charge in [0.25, 0.3) is 0 Å². The second kappa shape index (κ2) is 13.4. The average Bonchev–Trinajstić information content (AvgIpc) is 2.71. The Morgan fingerprint density at radius 1 is 1.00 bits per heavy atom. The first-order valence-corrected chi connectivity index (χ1v) is 9.84. The van der Waals surface area contributed by atoms with Crippen LogP contribution in [0.2, 0.25) is 0 Å². The maximum Gasteiger partial charge on any atom is 0.328 e. The van der Waals surface area contributed by atoms with E-state index in [2.05, 4.69) is 61.5 Å². The van der Waals surface area contributed by atoms with E-state index in [0.29, 0.717) is 17.4 Å². The number of hydrogen-bond acceptors (Lipinski definition) is 5. The molecule has 0 radical (unpaired) electrons. The van der Waals surface area contributed by atoms with Crippen LogP contribution in [0.15, 0.2) is 71.6 Å². The van der Waals surface area contributed by atoms with Crippen molar-refractivity contribution in [3.05, 3.63) is 72.3 Å². The summed E-state index contributed by atoms with van der Waals surface area (Å²) in [5, 5.41) is 16.1. The molecule has 0 bridgehead atoms. The summed E-state index contributed by atoms with van der Waals surface area (Å²) in [6.45, 7) is 1.07. The monoisotopic (exact) mass is 417 g/mol. The zero-order chi connectivity index (χ0) is 21.6. The molecule has 156 valence electrons. The molecule has 0 saturated heterocycles. The van der Waals surface area contributed by atoms with Crippen LogP contribution in [0, 0.1) is 0 Å². The summed E-state index contributed by atoms with van der Waals surface area (Å²) in [5.74, 6) is -1.56. The van der Waals surface area contributed by atoms with Crippen molar-refractivity contribution in [3.8, 4) is 5.75 Å². The molecular weight excluding hydrogens is 390 g/mol. The van der Waals surface area contributed by atoms with Crippen molar-refractivity contribution >= 4 is 23.7 Å². The molecule has 0 aliphatic carbocycles. The minimum absolute atomic E-state index is 0.435. The molecule has 0 spiro atoms. The van der Waals surface area contributed by atoms with Gasteiger partial charge in [-0.15, -0.1) is 11.8 Å². The predicted octanol–water partition coefficient (Wildman–Crippen LogP) is 4.19. The molecule has 6 nitrogen and oxygen atoms in total. The summed E-state index contributed by atoms with van der Waals surface area (Å²) in [5.41, 5.74) is 1.37. The number of rotatable bonds is 9. The molecule has 2 N–H and O–H groups in total. The molecule has 2 aromatic carbocycles. The number of carbonyl (C=O) groups is 2. The summed E-state index contributed by atoms with van der Waals surface area (Å²) in [6.07, 6.45) is 2.23. The third-order valence-electron chi connectivity index (χ3n) is 3.72. The van der Waals surface area contributed by atoms with Gasteiger partial charge >= 0.3 is 11.9 Å². The van der Waals surface area contributed by atoms with E-state index in [4.69, 9.17) is 14.9 Å². The molecule has 0 amide bonds. The van der Waals surface area contributed by atoms with E-state index in [0.717, 1.165) is 18.7 Å². The van der Waals surface area contributed by atoms with Crippen LogP contribution in [-0.4, -0.2) is 54.8 Å². The van der Waals surface area contributed by atoms with E-state index in [1.807, 2.05) is 23.9 Å². The zero-order valence-electron chi connectivity index (χ0n) is 16.8. The lowest BCUT2D eigenvalue weighted by Gasteiger charge is -2.20. The van der Waals surface area contributed by atoms with Crippen LogP contribution in [-0.2, 0) is 9.59 Å². The van der Waals surface area contributed by atoms with E-state index in [9.17, 15) is 9.59 Å². The van der Waals surface area contributed by atoms with Gasteiger partial charge in [0, 0.05) is 22.3 Å². The lowest BCUT2D eigenvalue weighted by Crippen LogP contribution is -2.15. The van der Waals surface area contributed by atoms with Gasteiger partial charge in [-0.2, -0.15) is 0 Å². The highest BCUT2D eigenvalue weighted by Gasteiger charge is 2.15. The topological polar surface area (TPSA) is 87.1 Å². The molecule has 1 atom stereocenters. The van der Waals surface area contributed by atoms with Gasteiger partial charge in [-0.25, -0.2) is 9.59 Å². The highest BCUT2D eigenvalue weighted by atomic mass is 32.2. The molecule has 0 aliphatic rings. The standard InChI is InChI=1S/C18H23NOS.C4H4O4/c1-19(2)14-13-17(15-9-5-4-6-10-15)21-18-12-8-7-11-16(18)20-3;5-3(6)1-2-4(7)8/h4-12,17H,13-14H2,1-3H3;1-2H,(H,5,6)(H,7,8). The highest BCUT2D eigenvalue weighted by Crippen LogP contribution is 2.41. The number of nitrogens with zero attached hydrogens (tertiary/aromatic N) is 1. The first-order valence-electron chi connectivity index (χ1n) is 8.96. The third kappa shape index (κ3) is 10.4. The molecule has 0 heterocycles. The first kappa shape index (κ1) is 24.3. The number of carboxylic acids is 2. The van der Waals surface area contributed by atoms with Crippen LogP contribution in [0.1, 0.15) is 17.2 Å². The van der Waals surface area contributed by atoms with Crippen molar-refractivity contribution in [2.75, 3.05) is 27.7 Å². The van der Waals surface area contributed by atoms with Crippen LogP contribution in [0.4, 0.5) is 0 Å². The fourth-order valence-electron chi connectivity index (χ4n) is 2.35. The Hall–Kier alpha value is -2.77. The minimum Gasteiger partial charge on any atom is -0.496 e. The van der Waals surface area contributed by atoms with E-state index in [1.165, 1.54) is 10.5 Å². The Labute approximate surface area is 175 Å². The maximum atomic E-state index is 9.55. The van der Waals surface area contributed by atoms with Crippen LogP contribution in [0.25, 0.3) is 0 Å². The predicted molar refractivity (Wildman–Crippen MR) is 116 cm³/mol. The largest absolute Gasteiger partial charge is 0.496 e. The van der Waals surface area contributed by atoms with Crippen molar-refractivity contribution < 1.29 is 24.5 Å². The van der Waals surface area contributed by atoms with Crippen LogP contribution < -0.4 is 4.74 Å². The second-order valence-electron chi connectivity index (χ2n) is 6.27. The number of aliphatic carboxylic acids is 2. The fraction of sp³-hybridized carbons (Fsp3) is 0.273. The smallest absolute Gasteiger partial charge is 0.328 e. The number of benzene rings is 2. The molecule has 29 heavy (non-hydrogen) atoms. The quantitative estimate of drug-likeness (QED) is 0.467. The lowest BCUT2D eigenvalue weighted by atomic mass is 10.1. The van der Waals surface area contributed by atoms with E-state index in [1.54, 1.807) is 7.11 Å². The maximum absolute atomic E-state index is 9.55. The summed E-state index contributed by atoms with van der Waals surface area (Å²) in [4.78, 5) is 22.5. The Morgan fingerprint density at radius 2 is 1.55 bits per heavy atom. The van der Waals surface area contributed by atoms with Gasteiger partial charge in [0.2, 0.25) is 0 Å². The van der Waals surface area contributed by atoms with Crippen molar-refractivity contribution in [1.29, 1.82) is 0 Å². The number of para-hydroxylation sites is 1. The van der Waals surface area contributed by atoms with Crippen LogP contribution in [0.3, 0.4) is 0 Å². The Bertz CT molecular complexity index is 777. The Kier molecular flexibility index (Phi) is 11.2. The summed E-state index contributed by atoms with van der Waals surface area (Å²) < 4.78 is 5.48. The molecule has 0 aromatic heterocycles. The number of hydrogen-bond donors (Lipinski definition) is 2. The normalized spacial score (nSPS) is 11.6. The number of ether oxygens (including phenoxy) is 1. The summed E-state index contributed by atoms with van der Waals surface area (Å²) in [6, 6.07) is 19.0. The molecule has 0 aliphatic heterocycles. The van der Waals surface area contributed by atoms with Gasteiger partial charge in [-0.3, -0.25) is 0 Å². The van der Waals surface area contributed by atoms with Crippen molar-refractivity contribution in [2.45, 2.75) is 16.6 Å². The van der Waals surface area contributed by atoms with E-state index < -0.39 is 11.9 Å². The van der Waals surface area contributed by atoms with Gasteiger partial charge in [0.15, 0.2) is 0 Å². The van der Waals surface area contributed by atoms with Gasteiger partial charge in [-0.1, -0.05) is 42.5 Å². The molecule has 7 heteroatoms. The lowest BCUT2D eigenvalue weighted by molar-refractivity contribution is -0.134. The molecular formula is C22H27NO5S. The minimum atomic E-state index is -1.26. The van der Waals surface area contributed by atoms with Crippen molar-refractivity contribution in [2.24, 2.45) is 0 Å². The zero-order valence-corrected chi connectivity index (χ0v) is 17.6. The summed E-state index contributed by atoms with van der Waals surface area (Å²) >= 11 is 1.88. The number of methoxy groups -OCH3 is 1. The first-order chi connectivity index (χ1) is 13.8. The third-order valence-corrected chi connectivity index (χ3v) is 5.10. The molecule has 2 rings (SSSR count). The van der Waals surface area contributed by atoms with Gasteiger partial charge in [0.05, 0.1) is 7.11 Å². The SMILES string of the molecule is COc1ccccc1SC(CCN(C)C)c1ccccc1.O=C(O)C=CC(=O)O. The molecule has 1 unspecified atom stereocenters. The highest BCUT2D eigenvalue weighted by molar-refractivity contribution is 7.99. The van der Waals surface area contributed by atoms with Gasteiger partial charge in [0.1, 0.15) is 5.75 Å². The average molecular weight is 418 g/mol. The number of carboxylic acid groups (broad SMARTS) is 2. The fourth-order valence-corrected chi connectivity index (χ4v) is 3.60. The van der Waals surface area contributed by atoms with Crippen LogP contribution >= 0.6 is 11.8 Å². The molecule has 2 aromatic rings.